The Bertz CT molecular complexity index is 692. The number of hydrogen-bond donors (Lipinski definition) is 0. The van der Waals surface area contributed by atoms with E-state index in [-0.39, 0.29) is 24.5 Å². The van der Waals surface area contributed by atoms with Crippen molar-refractivity contribution in [2.24, 2.45) is 0 Å². The highest BCUT2D eigenvalue weighted by Gasteiger charge is 2.30. The maximum atomic E-state index is 12.7. The molecule has 1 unspecified atom stereocenters. The zero-order valence-electron chi connectivity index (χ0n) is 18.1. The van der Waals surface area contributed by atoms with Crippen molar-refractivity contribution in [2.75, 3.05) is 45.9 Å². The first kappa shape index (κ1) is 21.6. The van der Waals surface area contributed by atoms with Gasteiger partial charge in [-0.15, -0.1) is 0 Å². The molecule has 0 radical (unpaired) electrons. The number of hydrogen-bond acceptors (Lipinski definition) is 4. The van der Waals surface area contributed by atoms with Crippen LogP contribution in [-0.2, 0) is 9.59 Å². The van der Waals surface area contributed by atoms with Crippen LogP contribution in [0.25, 0.3) is 0 Å². The van der Waals surface area contributed by atoms with E-state index in [4.69, 9.17) is 4.74 Å². The molecule has 3 rings (SSSR count). The minimum atomic E-state index is -0.111. The van der Waals surface area contributed by atoms with Crippen molar-refractivity contribution in [2.45, 2.75) is 52.0 Å². The first-order valence-corrected chi connectivity index (χ1v) is 11.0. The monoisotopic (exact) mass is 401 g/mol. The lowest BCUT2D eigenvalue weighted by atomic mass is 10.0. The molecule has 6 nitrogen and oxygen atoms in total. The second-order valence-corrected chi connectivity index (χ2v) is 8.49. The predicted octanol–water partition coefficient (Wildman–Crippen LogP) is 2.73. The Morgan fingerprint density at radius 3 is 2.28 bits per heavy atom. The summed E-state index contributed by atoms with van der Waals surface area (Å²) >= 11 is 0. The van der Waals surface area contributed by atoms with E-state index in [1.165, 1.54) is 12.0 Å². The Balaban J connectivity index is 1.44. The maximum absolute atomic E-state index is 12.7. The van der Waals surface area contributed by atoms with Crippen LogP contribution in [0.4, 0.5) is 0 Å². The molecule has 2 aliphatic heterocycles. The van der Waals surface area contributed by atoms with E-state index in [0.717, 1.165) is 44.8 Å². The molecule has 2 aliphatic rings. The van der Waals surface area contributed by atoms with Crippen molar-refractivity contribution in [3.63, 3.8) is 0 Å². The zero-order valence-corrected chi connectivity index (χ0v) is 18.1. The van der Waals surface area contributed by atoms with Crippen LogP contribution in [0.3, 0.4) is 0 Å². The second kappa shape index (κ2) is 10.1. The molecule has 29 heavy (non-hydrogen) atoms. The molecule has 0 N–H and O–H groups in total. The van der Waals surface area contributed by atoms with Gasteiger partial charge in [0.25, 0.3) is 5.91 Å². The van der Waals surface area contributed by atoms with E-state index >= 15 is 0 Å². The van der Waals surface area contributed by atoms with E-state index in [9.17, 15) is 9.59 Å². The van der Waals surface area contributed by atoms with Gasteiger partial charge in [0.05, 0.1) is 6.04 Å². The van der Waals surface area contributed by atoms with Gasteiger partial charge in [-0.1, -0.05) is 26.0 Å². The van der Waals surface area contributed by atoms with Gasteiger partial charge in [-0.25, -0.2) is 0 Å². The summed E-state index contributed by atoms with van der Waals surface area (Å²) in [5.74, 6) is 1.41. The molecular weight excluding hydrogens is 366 g/mol. The standard InChI is InChI=1S/C23H35N3O3/c1-18(2)20-8-7-9-21(16-20)29-17-22(27)25-14-12-24(13-15-25)19(3)23(28)26-10-5-4-6-11-26/h7-9,16,18-19H,4-6,10-15,17H2,1-3H3. The Morgan fingerprint density at radius 2 is 1.62 bits per heavy atom. The molecule has 2 heterocycles. The van der Waals surface area contributed by atoms with Crippen LogP contribution in [0.15, 0.2) is 24.3 Å². The van der Waals surface area contributed by atoms with Crippen LogP contribution in [0.1, 0.15) is 51.5 Å². The molecule has 160 valence electrons. The fraction of sp³-hybridized carbons (Fsp3) is 0.652. The molecule has 2 amide bonds. The van der Waals surface area contributed by atoms with Crippen LogP contribution < -0.4 is 4.74 Å². The lowest BCUT2D eigenvalue weighted by molar-refractivity contribution is -0.140. The molecule has 1 aromatic rings. The molecule has 1 atom stereocenters. The van der Waals surface area contributed by atoms with E-state index in [1.807, 2.05) is 34.9 Å². The summed E-state index contributed by atoms with van der Waals surface area (Å²) in [7, 11) is 0. The predicted molar refractivity (Wildman–Crippen MR) is 114 cm³/mol. The largest absolute Gasteiger partial charge is 0.484 e. The second-order valence-electron chi connectivity index (χ2n) is 8.49. The van der Waals surface area contributed by atoms with Crippen molar-refractivity contribution >= 4 is 11.8 Å². The van der Waals surface area contributed by atoms with Gasteiger partial charge in [0.15, 0.2) is 6.61 Å². The summed E-state index contributed by atoms with van der Waals surface area (Å²) < 4.78 is 5.74. The van der Waals surface area contributed by atoms with Gasteiger partial charge >= 0.3 is 0 Å². The van der Waals surface area contributed by atoms with Crippen LogP contribution in [0, 0.1) is 0 Å². The summed E-state index contributed by atoms with van der Waals surface area (Å²) in [6.07, 6.45) is 3.45. The van der Waals surface area contributed by atoms with Gasteiger partial charge in [0.1, 0.15) is 5.75 Å². The van der Waals surface area contributed by atoms with Crippen LogP contribution in [0.5, 0.6) is 5.75 Å². The van der Waals surface area contributed by atoms with Gasteiger partial charge in [0.2, 0.25) is 5.91 Å². The van der Waals surface area contributed by atoms with Crippen LogP contribution in [0.2, 0.25) is 0 Å². The van der Waals surface area contributed by atoms with Crippen LogP contribution in [-0.4, -0.2) is 78.4 Å². The smallest absolute Gasteiger partial charge is 0.260 e. The lowest BCUT2D eigenvalue weighted by Gasteiger charge is -2.39. The van der Waals surface area contributed by atoms with Crippen molar-refractivity contribution in [1.82, 2.24) is 14.7 Å². The number of piperazine rings is 1. The van der Waals surface area contributed by atoms with E-state index < -0.39 is 0 Å². The van der Waals surface area contributed by atoms with Gasteiger partial charge < -0.3 is 14.5 Å². The summed E-state index contributed by atoms with van der Waals surface area (Å²) in [5.41, 5.74) is 1.20. The quantitative estimate of drug-likeness (QED) is 0.736. The highest BCUT2D eigenvalue weighted by atomic mass is 16.5. The number of amides is 2. The summed E-state index contributed by atoms with van der Waals surface area (Å²) in [6.45, 7) is 10.9. The normalized spacial score (nSPS) is 19.3. The molecule has 0 aromatic heterocycles. The third kappa shape index (κ3) is 5.72. The van der Waals surface area contributed by atoms with E-state index in [2.05, 4.69) is 24.8 Å². The Hall–Kier alpha value is -2.08. The van der Waals surface area contributed by atoms with Gasteiger partial charge in [-0.2, -0.15) is 0 Å². The Kier molecular flexibility index (Phi) is 7.53. The number of piperidine rings is 1. The molecule has 0 bridgehead atoms. The highest BCUT2D eigenvalue weighted by Crippen LogP contribution is 2.20. The SMILES string of the molecule is CC(C)c1cccc(OCC(=O)N2CCN(C(C)C(=O)N3CCCCC3)CC2)c1. The number of likely N-dealkylation sites (tertiary alicyclic amines) is 1. The molecular formula is C23H35N3O3. The number of nitrogens with zero attached hydrogens (tertiary/aromatic N) is 3. The number of carbonyl (C=O) groups is 2. The molecule has 0 aliphatic carbocycles. The van der Waals surface area contributed by atoms with Crippen molar-refractivity contribution in [3.05, 3.63) is 29.8 Å². The molecule has 6 heteroatoms. The number of benzene rings is 1. The number of rotatable bonds is 6. The lowest BCUT2D eigenvalue weighted by Crippen LogP contribution is -2.56. The topological polar surface area (TPSA) is 53.1 Å². The number of carbonyl (C=O) groups excluding carboxylic acids is 2. The minimum Gasteiger partial charge on any atom is -0.484 e. The molecule has 1 aromatic carbocycles. The summed E-state index contributed by atoms with van der Waals surface area (Å²) in [4.78, 5) is 31.3. The average molecular weight is 402 g/mol. The van der Waals surface area contributed by atoms with Gasteiger partial charge in [0, 0.05) is 39.3 Å². The van der Waals surface area contributed by atoms with Gasteiger partial charge in [-0.05, 0) is 49.8 Å². The summed E-state index contributed by atoms with van der Waals surface area (Å²) in [5, 5.41) is 0. The third-order valence-corrected chi connectivity index (χ3v) is 6.13. The van der Waals surface area contributed by atoms with Crippen molar-refractivity contribution in [1.29, 1.82) is 0 Å². The molecule has 2 fully saturated rings. The molecule has 0 spiro atoms. The molecule has 0 saturated carbocycles. The number of ether oxygens (including phenoxy) is 1. The Labute approximate surface area is 174 Å². The first-order chi connectivity index (χ1) is 14.0. The third-order valence-electron chi connectivity index (χ3n) is 6.13. The highest BCUT2D eigenvalue weighted by molar-refractivity contribution is 5.81. The first-order valence-electron chi connectivity index (χ1n) is 11.0. The molecule has 2 saturated heterocycles. The van der Waals surface area contributed by atoms with E-state index in [0.29, 0.717) is 19.0 Å². The minimum absolute atomic E-state index is 0.00890. The van der Waals surface area contributed by atoms with Gasteiger partial charge in [-0.3, -0.25) is 14.5 Å². The van der Waals surface area contributed by atoms with E-state index in [1.54, 1.807) is 0 Å². The van der Waals surface area contributed by atoms with Crippen molar-refractivity contribution in [3.8, 4) is 5.75 Å². The maximum Gasteiger partial charge on any atom is 0.260 e. The van der Waals surface area contributed by atoms with Crippen molar-refractivity contribution < 1.29 is 14.3 Å². The summed E-state index contributed by atoms with van der Waals surface area (Å²) in [6, 6.07) is 7.83. The van der Waals surface area contributed by atoms with Crippen LogP contribution >= 0.6 is 0 Å². The fourth-order valence-electron chi connectivity index (χ4n) is 4.09. The fourth-order valence-corrected chi connectivity index (χ4v) is 4.09. The zero-order chi connectivity index (χ0) is 20.8. The average Bonchev–Trinajstić information content (AvgIpc) is 2.77. The Morgan fingerprint density at radius 1 is 0.931 bits per heavy atom.